The predicted octanol–water partition coefficient (Wildman–Crippen LogP) is 2.38. The highest BCUT2D eigenvalue weighted by Crippen LogP contribution is 2.35. The Morgan fingerprint density at radius 3 is 2.61 bits per heavy atom. The Bertz CT molecular complexity index is 929. The van der Waals surface area contributed by atoms with E-state index in [0.29, 0.717) is 36.4 Å². The molecule has 1 aromatic carbocycles. The van der Waals surface area contributed by atoms with Crippen LogP contribution in [0.2, 0.25) is 0 Å². The number of benzene rings is 1. The lowest BCUT2D eigenvalue weighted by molar-refractivity contribution is -0.126. The zero-order valence-corrected chi connectivity index (χ0v) is 19.6. The highest BCUT2D eigenvalue weighted by Gasteiger charge is 2.32. The number of anilines is 1. The summed E-state index contributed by atoms with van der Waals surface area (Å²) in [5, 5.41) is 3.08. The van der Waals surface area contributed by atoms with Gasteiger partial charge in [0.25, 0.3) is 5.91 Å². The van der Waals surface area contributed by atoms with Crippen LogP contribution < -0.4 is 15.0 Å². The van der Waals surface area contributed by atoms with Crippen LogP contribution in [0.4, 0.5) is 5.69 Å². The zero-order chi connectivity index (χ0) is 22.8. The van der Waals surface area contributed by atoms with Crippen molar-refractivity contribution in [3.8, 4) is 5.75 Å². The summed E-state index contributed by atoms with van der Waals surface area (Å²) in [7, 11) is -3.70. The van der Waals surface area contributed by atoms with Crippen LogP contribution in [0, 0.1) is 11.8 Å². The predicted molar refractivity (Wildman–Crippen MR) is 119 cm³/mol. The van der Waals surface area contributed by atoms with Crippen LogP contribution in [0.25, 0.3) is 0 Å². The molecule has 2 aliphatic rings. The summed E-state index contributed by atoms with van der Waals surface area (Å²) in [5.41, 5.74) is 0.310. The number of hydrogen-bond donors (Lipinski definition) is 1. The average Bonchev–Trinajstić information content (AvgIpc) is 2.74. The minimum Gasteiger partial charge on any atom is -0.482 e. The van der Waals surface area contributed by atoms with Crippen LogP contribution in [0.1, 0.15) is 47.0 Å². The van der Waals surface area contributed by atoms with E-state index >= 15 is 0 Å². The smallest absolute Gasteiger partial charge is 0.265 e. The Morgan fingerprint density at radius 2 is 1.94 bits per heavy atom. The third-order valence-corrected chi connectivity index (χ3v) is 8.62. The summed E-state index contributed by atoms with van der Waals surface area (Å²) in [6.07, 6.45) is 3.16. The van der Waals surface area contributed by atoms with Gasteiger partial charge in [0.15, 0.2) is 6.61 Å². The number of nitrogens with zero attached hydrogens (tertiary/aromatic N) is 2. The summed E-state index contributed by atoms with van der Waals surface area (Å²) < 4.78 is 32.7. The van der Waals surface area contributed by atoms with Crippen molar-refractivity contribution in [2.24, 2.45) is 11.8 Å². The number of carbonyl (C=O) groups is 2. The fourth-order valence-corrected chi connectivity index (χ4v) is 5.89. The van der Waals surface area contributed by atoms with Gasteiger partial charge in [0.1, 0.15) is 12.3 Å². The van der Waals surface area contributed by atoms with Crippen molar-refractivity contribution in [1.82, 2.24) is 9.62 Å². The summed E-state index contributed by atoms with van der Waals surface area (Å²) in [5.74, 6) is 0.689. The van der Waals surface area contributed by atoms with Crippen molar-refractivity contribution < 1.29 is 22.7 Å². The van der Waals surface area contributed by atoms with E-state index in [9.17, 15) is 18.0 Å². The first-order valence-electron chi connectivity index (χ1n) is 11.1. The molecule has 0 bridgehead atoms. The minimum atomic E-state index is -3.70. The van der Waals surface area contributed by atoms with E-state index in [4.69, 9.17) is 4.74 Å². The molecule has 1 fully saturated rings. The quantitative estimate of drug-likeness (QED) is 0.687. The first-order valence-corrected chi connectivity index (χ1v) is 12.5. The van der Waals surface area contributed by atoms with Crippen molar-refractivity contribution >= 4 is 27.5 Å². The maximum atomic E-state index is 12.9. The molecule has 0 spiro atoms. The van der Waals surface area contributed by atoms with Gasteiger partial charge in [0.2, 0.25) is 15.9 Å². The summed E-state index contributed by atoms with van der Waals surface area (Å²) in [6.45, 7) is 8.23. The second kappa shape index (κ2) is 9.56. The molecule has 0 radical (unpaired) electrons. The number of hydrogen-bond acceptors (Lipinski definition) is 5. The summed E-state index contributed by atoms with van der Waals surface area (Å²) in [6, 6.07) is 4.54. The van der Waals surface area contributed by atoms with Gasteiger partial charge in [0, 0.05) is 19.1 Å². The number of rotatable bonds is 7. The van der Waals surface area contributed by atoms with Crippen LogP contribution in [0.5, 0.6) is 5.75 Å². The number of amides is 2. The van der Waals surface area contributed by atoms with E-state index in [1.54, 1.807) is 19.9 Å². The Balaban J connectivity index is 1.83. The molecule has 1 aliphatic carbocycles. The topological polar surface area (TPSA) is 96.0 Å². The number of fused-ring (bicyclic) bond motifs is 1. The molecule has 1 aromatic rings. The second-order valence-electron chi connectivity index (χ2n) is 8.43. The molecule has 9 heteroatoms. The number of carbonyl (C=O) groups excluding carboxylic acids is 2. The first-order chi connectivity index (χ1) is 14.7. The number of sulfonamides is 1. The minimum absolute atomic E-state index is 0.0772. The Kier molecular flexibility index (Phi) is 7.26. The highest BCUT2D eigenvalue weighted by atomic mass is 32.2. The molecule has 172 valence electrons. The van der Waals surface area contributed by atoms with Gasteiger partial charge in [-0.25, -0.2) is 8.42 Å². The first kappa shape index (κ1) is 23.5. The normalized spacial score (nSPS) is 24.0. The van der Waals surface area contributed by atoms with Gasteiger partial charge in [-0.15, -0.1) is 0 Å². The molecule has 0 saturated heterocycles. The van der Waals surface area contributed by atoms with Gasteiger partial charge in [0.05, 0.1) is 10.6 Å². The molecule has 1 aliphatic heterocycles. The van der Waals surface area contributed by atoms with E-state index in [1.165, 1.54) is 21.3 Å². The molecule has 3 rings (SSSR count). The van der Waals surface area contributed by atoms with Gasteiger partial charge in [-0.2, -0.15) is 4.31 Å². The molecular weight excluding hydrogens is 418 g/mol. The van der Waals surface area contributed by atoms with Gasteiger partial charge in [-0.05, 0) is 36.5 Å². The van der Waals surface area contributed by atoms with Gasteiger partial charge < -0.3 is 10.1 Å². The largest absolute Gasteiger partial charge is 0.482 e. The lowest BCUT2D eigenvalue weighted by Gasteiger charge is -2.35. The van der Waals surface area contributed by atoms with Crippen molar-refractivity contribution in [2.75, 3.05) is 31.1 Å². The third-order valence-electron chi connectivity index (χ3n) is 6.57. The van der Waals surface area contributed by atoms with Gasteiger partial charge in [-0.1, -0.05) is 40.5 Å². The van der Waals surface area contributed by atoms with E-state index in [1.807, 2.05) is 0 Å². The lowest BCUT2D eigenvalue weighted by atomic mass is 9.78. The standard InChI is InChI=1S/C22H33N3O5S/c1-5-24(6-2)31(28,29)17-10-11-20-19(12-17)25(22(27)14-30-20)13-21(26)23-18-9-7-8-15(3)16(18)4/h10-12,15-16,18H,5-9,13-14H2,1-4H3,(H,23,26)/t15-,16+,18+/m0/s1. The maximum Gasteiger partial charge on any atom is 0.265 e. The fourth-order valence-electron chi connectivity index (χ4n) is 4.41. The van der Waals surface area contributed by atoms with Crippen LogP contribution >= 0.6 is 0 Å². The van der Waals surface area contributed by atoms with E-state index in [0.717, 1.165) is 19.3 Å². The molecule has 1 N–H and O–H groups in total. The monoisotopic (exact) mass is 451 g/mol. The van der Waals surface area contributed by atoms with Gasteiger partial charge in [-0.3, -0.25) is 14.5 Å². The Hall–Kier alpha value is -2.13. The maximum absolute atomic E-state index is 12.9. The SMILES string of the molecule is CCN(CC)S(=O)(=O)c1ccc2c(c1)N(CC(=O)N[C@@H]1CCC[C@H](C)[C@H]1C)C(=O)CO2. The van der Waals surface area contributed by atoms with Gasteiger partial charge >= 0.3 is 0 Å². The second-order valence-corrected chi connectivity index (χ2v) is 10.4. The highest BCUT2D eigenvalue weighted by molar-refractivity contribution is 7.89. The van der Waals surface area contributed by atoms with E-state index in [-0.39, 0.29) is 35.9 Å². The zero-order valence-electron chi connectivity index (χ0n) is 18.8. The van der Waals surface area contributed by atoms with Crippen molar-refractivity contribution in [2.45, 2.75) is 57.9 Å². The van der Waals surface area contributed by atoms with Crippen molar-refractivity contribution in [1.29, 1.82) is 0 Å². The molecule has 0 unspecified atom stereocenters. The third kappa shape index (κ3) is 4.87. The number of nitrogens with one attached hydrogen (secondary N) is 1. The Morgan fingerprint density at radius 1 is 1.23 bits per heavy atom. The molecule has 8 nitrogen and oxygen atoms in total. The van der Waals surface area contributed by atoms with Crippen LogP contribution in [-0.2, 0) is 19.6 Å². The molecule has 31 heavy (non-hydrogen) atoms. The van der Waals surface area contributed by atoms with Crippen LogP contribution in [-0.4, -0.2) is 56.8 Å². The lowest BCUT2D eigenvalue weighted by Crippen LogP contribution is -2.50. The fraction of sp³-hybridized carbons (Fsp3) is 0.636. The molecule has 3 atom stereocenters. The molecule has 1 saturated carbocycles. The van der Waals surface area contributed by atoms with Crippen LogP contribution in [0.15, 0.2) is 23.1 Å². The summed E-state index contributed by atoms with van der Waals surface area (Å²) >= 11 is 0. The van der Waals surface area contributed by atoms with Crippen LogP contribution in [0.3, 0.4) is 0 Å². The van der Waals surface area contributed by atoms with Crippen molar-refractivity contribution in [3.63, 3.8) is 0 Å². The van der Waals surface area contributed by atoms with Crippen molar-refractivity contribution in [3.05, 3.63) is 18.2 Å². The average molecular weight is 452 g/mol. The Labute approximate surface area is 185 Å². The number of ether oxygens (including phenoxy) is 1. The molecule has 0 aromatic heterocycles. The molecule has 2 amide bonds. The van der Waals surface area contributed by atoms with E-state index < -0.39 is 10.0 Å². The van der Waals surface area contributed by atoms with E-state index in [2.05, 4.69) is 19.2 Å². The molecule has 1 heterocycles. The molecular formula is C22H33N3O5S. The summed E-state index contributed by atoms with van der Waals surface area (Å²) in [4.78, 5) is 26.8.